The molecule has 0 fully saturated rings. The summed E-state index contributed by atoms with van der Waals surface area (Å²) in [5.41, 5.74) is 2.68. The minimum atomic E-state index is -0.760. The minimum Gasteiger partial charge on any atom is -0.324 e. The Bertz CT molecular complexity index is 1210. The van der Waals surface area contributed by atoms with Crippen LogP contribution in [0, 0.1) is 6.92 Å². The van der Waals surface area contributed by atoms with Crippen molar-refractivity contribution in [3.8, 4) is 11.3 Å². The average molecular weight is 390 g/mol. The highest BCUT2D eigenvalue weighted by atomic mass is 32.1. The minimum absolute atomic E-state index is 0.314. The van der Waals surface area contributed by atoms with Crippen LogP contribution in [0.1, 0.15) is 18.0 Å². The number of anilines is 1. The zero-order chi connectivity index (χ0) is 19.7. The third kappa shape index (κ3) is 3.57. The van der Waals surface area contributed by atoms with Crippen molar-refractivity contribution >= 4 is 33.1 Å². The van der Waals surface area contributed by atoms with Crippen molar-refractivity contribution in [2.45, 2.75) is 19.9 Å². The molecule has 2 aromatic heterocycles. The Morgan fingerprint density at radius 1 is 1.11 bits per heavy atom. The first kappa shape index (κ1) is 18.1. The lowest BCUT2D eigenvalue weighted by molar-refractivity contribution is -0.119. The summed E-state index contributed by atoms with van der Waals surface area (Å²) in [7, 11) is 0. The first-order valence-corrected chi connectivity index (χ1v) is 9.66. The number of rotatable bonds is 4. The maximum Gasteiger partial charge on any atom is 0.267 e. The van der Waals surface area contributed by atoms with Gasteiger partial charge in [0, 0.05) is 17.3 Å². The number of amides is 1. The summed E-state index contributed by atoms with van der Waals surface area (Å²) in [6.45, 7) is 3.60. The van der Waals surface area contributed by atoms with Gasteiger partial charge in [-0.2, -0.15) is 5.10 Å². The molecule has 0 unspecified atom stereocenters. The van der Waals surface area contributed by atoms with Crippen molar-refractivity contribution in [1.82, 2.24) is 14.8 Å². The number of benzene rings is 2. The molecular formula is C21H18N4O2S. The van der Waals surface area contributed by atoms with E-state index < -0.39 is 6.04 Å². The Balaban J connectivity index is 1.60. The molecule has 6 nitrogen and oxygen atoms in total. The Labute approximate surface area is 165 Å². The van der Waals surface area contributed by atoms with E-state index in [9.17, 15) is 9.59 Å². The third-order valence-corrected chi connectivity index (χ3v) is 5.35. The Kier molecular flexibility index (Phi) is 4.75. The molecule has 0 aliphatic carbocycles. The van der Waals surface area contributed by atoms with Gasteiger partial charge in [-0.3, -0.25) is 9.59 Å². The molecule has 7 heteroatoms. The standard InChI is InChI=1S/C21H18N4O2S/c1-13(21(27)23-16-8-10-19-18(12-16)22-14(2)28-19)25-20(26)11-9-17(24-25)15-6-4-3-5-7-15/h3-13H,1-2H3,(H,23,27)/t13-/m0/s1. The molecule has 0 saturated carbocycles. The first-order chi connectivity index (χ1) is 13.5. The zero-order valence-corrected chi connectivity index (χ0v) is 16.2. The van der Waals surface area contributed by atoms with Gasteiger partial charge < -0.3 is 5.32 Å². The maximum absolute atomic E-state index is 12.7. The van der Waals surface area contributed by atoms with Gasteiger partial charge >= 0.3 is 0 Å². The topological polar surface area (TPSA) is 76.9 Å². The van der Waals surface area contributed by atoms with Crippen LogP contribution < -0.4 is 10.9 Å². The van der Waals surface area contributed by atoms with Gasteiger partial charge in [-0.15, -0.1) is 11.3 Å². The molecule has 1 atom stereocenters. The Hall–Kier alpha value is -3.32. The highest BCUT2D eigenvalue weighted by Gasteiger charge is 2.18. The van der Waals surface area contributed by atoms with Crippen molar-refractivity contribution in [2.24, 2.45) is 0 Å². The van der Waals surface area contributed by atoms with Crippen molar-refractivity contribution < 1.29 is 4.79 Å². The summed E-state index contributed by atoms with van der Waals surface area (Å²) in [6.07, 6.45) is 0. The zero-order valence-electron chi connectivity index (χ0n) is 15.4. The summed E-state index contributed by atoms with van der Waals surface area (Å²) >= 11 is 1.61. The van der Waals surface area contributed by atoms with Crippen molar-refractivity contribution in [1.29, 1.82) is 0 Å². The molecule has 0 saturated heterocycles. The van der Waals surface area contributed by atoms with Crippen LogP contribution in [-0.4, -0.2) is 20.7 Å². The number of hydrogen-bond donors (Lipinski definition) is 1. The number of aryl methyl sites for hydroxylation is 1. The van der Waals surface area contributed by atoms with E-state index in [2.05, 4.69) is 15.4 Å². The van der Waals surface area contributed by atoms with E-state index in [1.54, 1.807) is 24.3 Å². The van der Waals surface area contributed by atoms with Gasteiger partial charge in [0.15, 0.2) is 0 Å². The van der Waals surface area contributed by atoms with E-state index in [1.807, 2.05) is 55.5 Å². The second-order valence-corrected chi connectivity index (χ2v) is 7.68. The van der Waals surface area contributed by atoms with Gasteiger partial charge in [0.2, 0.25) is 5.91 Å². The SMILES string of the molecule is Cc1nc2cc(NC(=O)[C@H](C)n3nc(-c4ccccc4)ccc3=O)ccc2s1. The van der Waals surface area contributed by atoms with Gasteiger partial charge in [-0.05, 0) is 38.1 Å². The molecule has 1 amide bonds. The molecule has 4 aromatic rings. The number of fused-ring (bicyclic) bond motifs is 1. The number of carbonyl (C=O) groups is 1. The van der Waals surface area contributed by atoms with E-state index in [1.165, 1.54) is 10.7 Å². The van der Waals surface area contributed by atoms with Gasteiger partial charge in [-0.25, -0.2) is 9.67 Å². The second kappa shape index (κ2) is 7.36. The smallest absolute Gasteiger partial charge is 0.267 e. The molecule has 0 bridgehead atoms. The monoisotopic (exact) mass is 390 g/mol. The molecule has 140 valence electrons. The summed E-state index contributed by atoms with van der Waals surface area (Å²) < 4.78 is 2.28. The third-order valence-electron chi connectivity index (χ3n) is 4.40. The maximum atomic E-state index is 12.7. The number of nitrogens with one attached hydrogen (secondary N) is 1. The van der Waals surface area contributed by atoms with Crippen LogP contribution >= 0.6 is 11.3 Å². The van der Waals surface area contributed by atoms with E-state index in [0.717, 1.165) is 20.8 Å². The largest absolute Gasteiger partial charge is 0.324 e. The number of aromatic nitrogens is 3. The summed E-state index contributed by atoms with van der Waals surface area (Å²) in [5, 5.41) is 8.22. The molecule has 2 heterocycles. The lowest BCUT2D eigenvalue weighted by atomic mass is 10.1. The fraction of sp³-hybridized carbons (Fsp3) is 0.143. The van der Waals surface area contributed by atoms with E-state index in [4.69, 9.17) is 0 Å². The van der Waals surface area contributed by atoms with Crippen LogP contribution in [0.4, 0.5) is 5.69 Å². The molecule has 0 spiro atoms. The molecule has 0 radical (unpaired) electrons. The van der Waals surface area contributed by atoms with Crippen LogP contribution in [0.25, 0.3) is 21.5 Å². The summed E-state index contributed by atoms with van der Waals surface area (Å²) in [4.78, 5) is 29.5. The normalized spacial score (nSPS) is 12.1. The second-order valence-electron chi connectivity index (χ2n) is 6.45. The summed E-state index contributed by atoms with van der Waals surface area (Å²) in [6, 6.07) is 17.5. The molecule has 28 heavy (non-hydrogen) atoms. The van der Waals surface area contributed by atoms with Crippen molar-refractivity contribution in [3.63, 3.8) is 0 Å². The number of hydrogen-bond acceptors (Lipinski definition) is 5. The predicted molar refractivity (Wildman–Crippen MR) is 112 cm³/mol. The molecule has 0 aliphatic rings. The lowest BCUT2D eigenvalue weighted by Gasteiger charge is -2.15. The van der Waals surface area contributed by atoms with E-state index >= 15 is 0 Å². The van der Waals surface area contributed by atoms with Crippen LogP contribution in [-0.2, 0) is 4.79 Å². The molecule has 2 aromatic carbocycles. The highest BCUT2D eigenvalue weighted by molar-refractivity contribution is 7.18. The molecule has 0 aliphatic heterocycles. The van der Waals surface area contributed by atoms with Crippen LogP contribution in [0.5, 0.6) is 0 Å². The van der Waals surface area contributed by atoms with Gasteiger partial charge in [0.05, 0.1) is 20.9 Å². The lowest BCUT2D eigenvalue weighted by Crippen LogP contribution is -2.33. The fourth-order valence-corrected chi connectivity index (χ4v) is 3.75. The predicted octanol–water partition coefficient (Wildman–Crippen LogP) is 4.03. The van der Waals surface area contributed by atoms with Gasteiger partial charge in [0.25, 0.3) is 5.56 Å². The Morgan fingerprint density at radius 2 is 1.89 bits per heavy atom. The van der Waals surface area contributed by atoms with E-state index in [-0.39, 0.29) is 11.5 Å². The average Bonchev–Trinajstić information content (AvgIpc) is 3.07. The van der Waals surface area contributed by atoms with Crippen LogP contribution in [0.2, 0.25) is 0 Å². The van der Waals surface area contributed by atoms with Crippen LogP contribution in [0.3, 0.4) is 0 Å². The number of thiazole rings is 1. The number of carbonyl (C=O) groups excluding carboxylic acids is 1. The summed E-state index contributed by atoms with van der Waals surface area (Å²) in [5.74, 6) is -0.314. The van der Waals surface area contributed by atoms with Crippen molar-refractivity contribution in [2.75, 3.05) is 5.32 Å². The Morgan fingerprint density at radius 3 is 2.68 bits per heavy atom. The quantitative estimate of drug-likeness (QED) is 0.571. The van der Waals surface area contributed by atoms with Gasteiger partial charge in [0.1, 0.15) is 6.04 Å². The van der Waals surface area contributed by atoms with Crippen LogP contribution in [0.15, 0.2) is 65.5 Å². The first-order valence-electron chi connectivity index (χ1n) is 8.84. The molecular weight excluding hydrogens is 372 g/mol. The fourth-order valence-electron chi connectivity index (χ4n) is 2.94. The highest BCUT2D eigenvalue weighted by Crippen LogP contribution is 2.25. The van der Waals surface area contributed by atoms with E-state index in [0.29, 0.717) is 11.4 Å². The molecule has 4 rings (SSSR count). The van der Waals surface area contributed by atoms with Gasteiger partial charge in [-0.1, -0.05) is 30.3 Å². The number of nitrogens with zero attached hydrogens (tertiary/aromatic N) is 3. The molecule has 1 N–H and O–H groups in total. The van der Waals surface area contributed by atoms with Crippen molar-refractivity contribution in [3.05, 3.63) is 76.0 Å².